The number of likely N-dealkylation sites (tertiary alicyclic amines) is 1. The van der Waals surface area contributed by atoms with Crippen LogP contribution in [0.2, 0.25) is 0 Å². The molecule has 1 saturated heterocycles. The van der Waals surface area contributed by atoms with E-state index in [1.807, 2.05) is 4.90 Å². The molecule has 0 bridgehead atoms. The lowest BCUT2D eigenvalue weighted by molar-refractivity contribution is -0.129. The molecule has 0 radical (unpaired) electrons. The molecule has 1 heterocycles. The zero-order valence-electron chi connectivity index (χ0n) is 14.3. The topological polar surface area (TPSA) is 75.7 Å². The van der Waals surface area contributed by atoms with E-state index in [1.54, 1.807) is 18.2 Å². The second kappa shape index (κ2) is 7.81. The van der Waals surface area contributed by atoms with Crippen molar-refractivity contribution in [1.29, 1.82) is 0 Å². The molecule has 6 nitrogen and oxygen atoms in total. The van der Waals surface area contributed by atoms with Gasteiger partial charge in [0, 0.05) is 18.7 Å². The van der Waals surface area contributed by atoms with E-state index in [0.717, 1.165) is 25.8 Å². The summed E-state index contributed by atoms with van der Waals surface area (Å²) in [4.78, 5) is 14.2. The highest BCUT2D eigenvalue weighted by atomic mass is 32.2. The van der Waals surface area contributed by atoms with Crippen molar-refractivity contribution >= 4 is 22.0 Å². The minimum atomic E-state index is -3.64. The summed E-state index contributed by atoms with van der Waals surface area (Å²) in [5.41, 5.74) is 0.627. The molecule has 1 amide bonds. The molecule has 0 spiro atoms. The Morgan fingerprint density at radius 3 is 2.75 bits per heavy atom. The number of hydrogen-bond donors (Lipinski definition) is 1. The number of hydrogen-bond acceptors (Lipinski definition) is 4. The number of nitrogens with one attached hydrogen (secondary N) is 1. The van der Waals surface area contributed by atoms with Gasteiger partial charge in [0.05, 0.1) is 7.11 Å². The van der Waals surface area contributed by atoms with Gasteiger partial charge < -0.3 is 9.64 Å². The Bertz CT molecular complexity index is 728. The number of amides is 1. The van der Waals surface area contributed by atoms with Crippen molar-refractivity contribution in [2.75, 3.05) is 20.7 Å². The minimum Gasteiger partial charge on any atom is -0.495 e. The molecule has 132 valence electrons. The van der Waals surface area contributed by atoms with Crippen LogP contribution < -0.4 is 9.46 Å². The molecule has 0 aromatic heterocycles. The number of rotatable bonds is 5. The smallest absolute Gasteiger partial charge is 0.246 e. The summed E-state index contributed by atoms with van der Waals surface area (Å²) in [6.07, 6.45) is 6.33. The minimum absolute atomic E-state index is 0.0453. The molecule has 0 unspecified atom stereocenters. The van der Waals surface area contributed by atoms with E-state index in [-0.39, 0.29) is 22.6 Å². The monoisotopic (exact) mass is 352 g/mol. The van der Waals surface area contributed by atoms with E-state index >= 15 is 0 Å². The molecule has 1 atom stereocenters. The van der Waals surface area contributed by atoms with E-state index in [9.17, 15) is 13.2 Å². The number of benzene rings is 1. The lowest BCUT2D eigenvalue weighted by Crippen LogP contribution is -2.41. The summed E-state index contributed by atoms with van der Waals surface area (Å²) >= 11 is 0. The number of ether oxygens (including phenoxy) is 1. The molecule has 1 aromatic rings. The normalized spacial score (nSPS) is 18.8. The third-order valence-electron chi connectivity index (χ3n) is 4.25. The quantitative estimate of drug-likeness (QED) is 0.823. The number of sulfonamides is 1. The van der Waals surface area contributed by atoms with Crippen molar-refractivity contribution < 1.29 is 17.9 Å². The first-order chi connectivity index (χ1) is 11.4. The standard InChI is InChI=1S/C17H24N2O4S/c1-13-6-4-5-11-19(13)17(20)10-8-14-7-9-15(23-3)16(12-14)24(21,22)18-2/h7-10,12-13,18H,4-6,11H2,1-3H3/b10-8+/t13-/m0/s1. The summed E-state index contributed by atoms with van der Waals surface area (Å²) in [7, 11) is -0.872. The van der Waals surface area contributed by atoms with Gasteiger partial charge in [-0.3, -0.25) is 4.79 Å². The van der Waals surface area contributed by atoms with Crippen LogP contribution in [0.1, 0.15) is 31.7 Å². The number of methoxy groups -OCH3 is 1. The Labute approximate surface area is 143 Å². The van der Waals surface area contributed by atoms with Crippen molar-refractivity contribution in [2.24, 2.45) is 0 Å². The van der Waals surface area contributed by atoms with E-state index in [1.165, 1.54) is 26.3 Å². The average molecular weight is 352 g/mol. The molecule has 24 heavy (non-hydrogen) atoms. The van der Waals surface area contributed by atoms with Gasteiger partial charge in [0.25, 0.3) is 0 Å². The molecule has 0 saturated carbocycles. The Morgan fingerprint density at radius 1 is 1.38 bits per heavy atom. The Kier molecular flexibility index (Phi) is 6.01. The van der Waals surface area contributed by atoms with Crippen LogP contribution in [0.3, 0.4) is 0 Å². The predicted molar refractivity (Wildman–Crippen MR) is 93.3 cm³/mol. The van der Waals surface area contributed by atoms with E-state index in [2.05, 4.69) is 11.6 Å². The van der Waals surface area contributed by atoms with E-state index < -0.39 is 10.0 Å². The van der Waals surface area contributed by atoms with Gasteiger partial charge in [-0.15, -0.1) is 0 Å². The molecule has 1 aliphatic heterocycles. The Hall–Kier alpha value is -1.86. The van der Waals surface area contributed by atoms with Crippen LogP contribution in [0.15, 0.2) is 29.2 Å². The second-order valence-corrected chi connectivity index (χ2v) is 7.68. The maximum atomic E-state index is 12.3. The number of carbonyl (C=O) groups is 1. The van der Waals surface area contributed by atoms with Crippen molar-refractivity contribution in [2.45, 2.75) is 37.1 Å². The lowest BCUT2D eigenvalue weighted by atomic mass is 10.0. The van der Waals surface area contributed by atoms with Gasteiger partial charge in [-0.25, -0.2) is 13.1 Å². The summed E-state index contributed by atoms with van der Waals surface area (Å²) < 4.78 is 31.5. The van der Waals surface area contributed by atoms with Gasteiger partial charge in [-0.2, -0.15) is 0 Å². The van der Waals surface area contributed by atoms with Gasteiger partial charge in [0.1, 0.15) is 10.6 Å². The fourth-order valence-corrected chi connectivity index (χ4v) is 3.73. The zero-order valence-corrected chi connectivity index (χ0v) is 15.1. The largest absolute Gasteiger partial charge is 0.495 e. The van der Waals surface area contributed by atoms with Crippen molar-refractivity contribution in [3.63, 3.8) is 0 Å². The Morgan fingerprint density at radius 2 is 2.12 bits per heavy atom. The maximum absolute atomic E-state index is 12.3. The molecule has 0 aliphatic carbocycles. The van der Waals surface area contributed by atoms with Crippen LogP contribution in [-0.4, -0.2) is 46.0 Å². The average Bonchev–Trinajstić information content (AvgIpc) is 2.59. The third-order valence-corrected chi connectivity index (χ3v) is 5.69. The molecule has 1 aliphatic rings. The predicted octanol–water partition coefficient (Wildman–Crippen LogP) is 2.02. The first kappa shape index (κ1) is 18.5. The molecule has 1 N–H and O–H groups in total. The zero-order chi connectivity index (χ0) is 17.7. The molecule has 1 fully saturated rings. The van der Waals surface area contributed by atoms with Crippen LogP contribution in [0, 0.1) is 0 Å². The van der Waals surface area contributed by atoms with Crippen LogP contribution in [-0.2, 0) is 14.8 Å². The maximum Gasteiger partial charge on any atom is 0.246 e. The van der Waals surface area contributed by atoms with E-state index in [4.69, 9.17) is 4.74 Å². The number of nitrogens with zero attached hydrogens (tertiary/aromatic N) is 1. The van der Waals surface area contributed by atoms with Gasteiger partial charge >= 0.3 is 0 Å². The molecule has 1 aromatic carbocycles. The van der Waals surface area contributed by atoms with Crippen molar-refractivity contribution in [1.82, 2.24) is 9.62 Å². The second-order valence-electron chi connectivity index (χ2n) is 5.83. The highest BCUT2D eigenvalue weighted by Crippen LogP contribution is 2.25. The van der Waals surface area contributed by atoms with Crippen LogP contribution >= 0.6 is 0 Å². The van der Waals surface area contributed by atoms with E-state index in [0.29, 0.717) is 5.56 Å². The summed E-state index contributed by atoms with van der Waals surface area (Å²) in [6.45, 7) is 2.82. The fraction of sp³-hybridized carbons (Fsp3) is 0.471. The highest BCUT2D eigenvalue weighted by Gasteiger charge is 2.21. The molecule has 7 heteroatoms. The summed E-state index contributed by atoms with van der Waals surface area (Å²) in [6, 6.07) is 5.04. The van der Waals surface area contributed by atoms with Gasteiger partial charge in [0.15, 0.2) is 0 Å². The lowest BCUT2D eigenvalue weighted by Gasteiger charge is -2.32. The Balaban J connectivity index is 2.23. The van der Waals surface area contributed by atoms with Crippen LogP contribution in [0.25, 0.3) is 6.08 Å². The first-order valence-corrected chi connectivity index (χ1v) is 9.47. The number of carbonyl (C=O) groups excluding carboxylic acids is 1. The van der Waals surface area contributed by atoms with Crippen LogP contribution in [0.5, 0.6) is 5.75 Å². The van der Waals surface area contributed by atoms with Gasteiger partial charge in [-0.05, 0) is 57.0 Å². The first-order valence-electron chi connectivity index (χ1n) is 7.99. The summed E-state index contributed by atoms with van der Waals surface area (Å²) in [5.74, 6) is 0.216. The van der Waals surface area contributed by atoms with Crippen molar-refractivity contribution in [3.8, 4) is 5.75 Å². The van der Waals surface area contributed by atoms with Gasteiger partial charge in [0.2, 0.25) is 15.9 Å². The third kappa shape index (κ3) is 4.15. The summed E-state index contributed by atoms with van der Waals surface area (Å²) in [5, 5.41) is 0. The molecule has 2 rings (SSSR count). The SMILES string of the molecule is CNS(=O)(=O)c1cc(/C=C/C(=O)N2CCCC[C@@H]2C)ccc1OC. The van der Waals surface area contributed by atoms with Gasteiger partial charge in [-0.1, -0.05) is 6.07 Å². The number of piperidine rings is 1. The molecular formula is C17H24N2O4S. The van der Waals surface area contributed by atoms with Crippen molar-refractivity contribution in [3.05, 3.63) is 29.8 Å². The fourth-order valence-electron chi connectivity index (χ4n) is 2.81. The molecular weight excluding hydrogens is 328 g/mol. The van der Waals surface area contributed by atoms with Crippen LogP contribution in [0.4, 0.5) is 0 Å². The highest BCUT2D eigenvalue weighted by molar-refractivity contribution is 7.89.